The van der Waals surface area contributed by atoms with Crippen molar-refractivity contribution in [3.63, 3.8) is 0 Å². The molecule has 1 saturated heterocycles. The van der Waals surface area contributed by atoms with Gasteiger partial charge in [-0.15, -0.1) is 12.4 Å². The van der Waals surface area contributed by atoms with E-state index in [9.17, 15) is 4.79 Å². The molecule has 18 heavy (non-hydrogen) atoms. The van der Waals surface area contributed by atoms with Crippen LogP contribution in [0, 0.1) is 0 Å². The fourth-order valence-electron chi connectivity index (χ4n) is 2.09. The zero-order chi connectivity index (χ0) is 12.3. The van der Waals surface area contributed by atoms with E-state index >= 15 is 0 Å². The van der Waals surface area contributed by atoms with Crippen LogP contribution in [0.25, 0.3) is 0 Å². The van der Waals surface area contributed by atoms with Crippen LogP contribution in [0.4, 0.5) is 0 Å². The van der Waals surface area contributed by atoms with Crippen molar-refractivity contribution < 1.29 is 4.79 Å². The van der Waals surface area contributed by atoms with Crippen molar-refractivity contribution in [3.05, 3.63) is 34.9 Å². The smallest absolute Gasteiger partial charge is 0.227 e. The number of piperazine rings is 1. The Morgan fingerprint density at radius 3 is 3.00 bits per heavy atom. The number of hydrogen-bond donors (Lipinski definition) is 1. The molecule has 1 N–H and O–H groups in total. The van der Waals surface area contributed by atoms with Gasteiger partial charge in [-0.25, -0.2) is 0 Å². The van der Waals surface area contributed by atoms with Crippen molar-refractivity contribution in [2.24, 2.45) is 0 Å². The van der Waals surface area contributed by atoms with E-state index in [1.54, 1.807) is 0 Å². The molecule has 5 heteroatoms. The third kappa shape index (κ3) is 4.16. The van der Waals surface area contributed by atoms with E-state index in [2.05, 4.69) is 12.2 Å². The van der Waals surface area contributed by atoms with Gasteiger partial charge in [0, 0.05) is 30.7 Å². The number of hydrogen-bond acceptors (Lipinski definition) is 2. The number of halogens is 2. The molecule has 0 aliphatic carbocycles. The fraction of sp³-hybridized carbons (Fsp3) is 0.462. The molecule has 100 valence electrons. The van der Waals surface area contributed by atoms with Crippen LogP contribution >= 0.6 is 24.0 Å². The van der Waals surface area contributed by atoms with E-state index in [0.717, 1.165) is 25.2 Å². The highest BCUT2D eigenvalue weighted by molar-refractivity contribution is 6.30. The topological polar surface area (TPSA) is 32.3 Å². The lowest BCUT2D eigenvalue weighted by Crippen LogP contribution is -2.51. The Bertz CT molecular complexity index is 412. The molecule has 1 atom stereocenters. The molecule has 1 aromatic rings. The minimum Gasteiger partial charge on any atom is -0.340 e. The largest absolute Gasteiger partial charge is 0.340 e. The Morgan fingerprint density at radius 1 is 1.56 bits per heavy atom. The second-order valence-corrected chi connectivity index (χ2v) is 4.94. The van der Waals surface area contributed by atoms with Crippen molar-refractivity contribution in [2.75, 3.05) is 19.6 Å². The molecule has 0 spiro atoms. The molecule has 1 heterocycles. The minimum absolute atomic E-state index is 0. The van der Waals surface area contributed by atoms with Crippen LogP contribution in [-0.2, 0) is 11.2 Å². The molecule has 0 aromatic heterocycles. The molecule has 0 saturated carbocycles. The summed E-state index contributed by atoms with van der Waals surface area (Å²) in [4.78, 5) is 14.0. The van der Waals surface area contributed by atoms with Gasteiger partial charge in [0.25, 0.3) is 0 Å². The molecule has 1 unspecified atom stereocenters. The van der Waals surface area contributed by atoms with Gasteiger partial charge in [-0.05, 0) is 24.6 Å². The number of carbonyl (C=O) groups excluding carboxylic acids is 1. The lowest BCUT2D eigenvalue weighted by atomic mass is 10.1. The van der Waals surface area contributed by atoms with E-state index in [4.69, 9.17) is 11.6 Å². The third-order valence-electron chi connectivity index (χ3n) is 2.97. The zero-order valence-corrected chi connectivity index (χ0v) is 11.9. The normalized spacial score (nSPS) is 19.2. The number of amides is 1. The molecular formula is C13H18Cl2N2O. The van der Waals surface area contributed by atoms with Gasteiger partial charge in [-0.3, -0.25) is 4.79 Å². The summed E-state index contributed by atoms with van der Waals surface area (Å²) >= 11 is 5.90. The van der Waals surface area contributed by atoms with Gasteiger partial charge in [-0.2, -0.15) is 0 Å². The standard InChI is InChI=1S/C13H17ClN2O.ClH/c1-10-9-16(6-5-15-10)13(17)8-11-3-2-4-12(14)7-11;/h2-4,7,10,15H,5-6,8-9H2,1H3;1H. The average Bonchev–Trinajstić information content (AvgIpc) is 2.29. The van der Waals surface area contributed by atoms with Crippen LogP contribution in [0.5, 0.6) is 0 Å². The van der Waals surface area contributed by atoms with Gasteiger partial charge in [-0.1, -0.05) is 23.7 Å². The second kappa shape index (κ2) is 6.98. The minimum atomic E-state index is 0. The summed E-state index contributed by atoms with van der Waals surface area (Å²) in [7, 11) is 0. The van der Waals surface area contributed by atoms with Gasteiger partial charge in [0.2, 0.25) is 5.91 Å². The molecule has 0 radical (unpaired) electrons. The quantitative estimate of drug-likeness (QED) is 0.904. The molecule has 2 rings (SSSR count). The van der Waals surface area contributed by atoms with Crippen LogP contribution in [-0.4, -0.2) is 36.5 Å². The van der Waals surface area contributed by atoms with Gasteiger partial charge < -0.3 is 10.2 Å². The van der Waals surface area contributed by atoms with E-state index in [1.807, 2.05) is 29.2 Å². The van der Waals surface area contributed by atoms with Crippen molar-refractivity contribution in [3.8, 4) is 0 Å². The molecule has 1 fully saturated rings. The van der Waals surface area contributed by atoms with Crippen molar-refractivity contribution in [1.29, 1.82) is 0 Å². The highest BCUT2D eigenvalue weighted by Gasteiger charge is 2.20. The van der Waals surface area contributed by atoms with Gasteiger partial charge in [0.05, 0.1) is 6.42 Å². The first kappa shape index (κ1) is 15.3. The molecule has 1 amide bonds. The summed E-state index contributed by atoms with van der Waals surface area (Å²) in [5.74, 6) is 0.181. The number of rotatable bonds is 2. The Morgan fingerprint density at radius 2 is 2.33 bits per heavy atom. The first-order valence-electron chi connectivity index (χ1n) is 5.91. The van der Waals surface area contributed by atoms with Crippen LogP contribution < -0.4 is 5.32 Å². The maximum Gasteiger partial charge on any atom is 0.227 e. The predicted octanol–water partition coefficient (Wildman–Crippen LogP) is 2.12. The lowest BCUT2D eigenvalue weighted by molar-refractivity contribution is -0.131. The van der Waals surface area contributed by atoms with Gasteiger partial charge >= 0.3 is 0 Å². The Labute approximate surface area is 119 Å². The third-order valence-corrected chi connectivity index (χ3v) is 3.20. The summed E-state index contributed by atoms with van der Waals surface area (Å²) in [6.07, 6.45) is 0.438. The summed E-state index contributed by atoms with van der Waals surface area (Å²) in [5, 5.41) is 4.01. The molecule has 1 aromatic carbocycles. The summed E-state index contributed by atoms with van der Waals surface area (Å²) in [6, 6.07) is 7.88. The molecular weight excluding hydrogens is 271 g/mol. The SMILES string of the molecule is CC1CN(C(=O)Cc2cccc(Cl)c2)CCN1.Cl. The summed E-state index contributed by atoms with van der Waals surface area (Å²) in [6.45, 7) is 4.56. The lowest BCUT2D eigenvalue weighted by Gasteiger charge is -2.32. The average molecular weight is 289 g/mol. The zero-order valence-electron chi connectivity index (χ0n) is 10.4. The van der Waals surface area contributed by atoms with Crippen LogP contribution in [0.15, 0.2) is 24.3 Å². The maximum absolute atomic E-state index is 12.1. The second-order valence-electron chi connectivity index (χ2n) is 4.50. The summed E-state index contributed by atoms with van der Waals surface area (Å²) in [5.41, 5.74) is 0.980. The predicted molar refractivity (Wildman–Crippen MR) is 76.4 cm³/mol. The van der Waals surface area contributed by atoms with Crippen molar-refractivity contribution >= 4 is 29.9 Å². The molecule has 1 aliphatic heterocycles. The monoisotopic (exact) mass is 288 g/mol. The Balaban J connectivity index is 0.00000162. The number of nitrogens with one attached hydrogen (secondary N) is 1. The van der Waals surface area contributed by atoms with Crippen LogP contribution in [0.1, 0.15) is 12.5 Å². The number of nitrogens with zero attached hydrogens (tertiary/aromatic N) is 1. The Hall–Kier alpha value is -0.770. The number of carbonyl (C=O) groups is 1. The fourth-order valence-corrected chi connectivity index (χ4v) is 2.31. The highest BCUT2D eigenvalue weighted by atomic mass is 35.5. The maximum atomic E-state index is 12.1. The highest BCUT2D eigenvalue weighted by Crippen LogP contribution is 2.12. The molecule has 1 aliphatic rings. The van der Waals surface area contributed by atoms with Gasteiger partial charge in [0.1, 0.15) is 0 Å². The number of benzene rings is 1. The summed E-state index contributed by atoms with van der Waals surface area (Å²) < 4.78 is 0. The van der Waals surface area contributed by atoms with E-state index < -0.39 is 0 Å². The Kier molecular flexibility index (Phi) is 5.93. The van der Waals surface area contributed by atoms with Gasteiger partial charge in [0.15, 0.2) is 0 Å². The van der Waals surface area contributed by atoms with Crippen molar-refractivity contribution in [2.45, 2.75) is 19.4 Å². The first-order chi connectivity index (χ1) is 8.15. The van der Waals surface area contributed by atoms with E-state index in [1.165, 1.54) is 0 Å². The van der Waals surface area contributed by atoms with E-state index in [-0.39, 0.29) is 18.3 Å². The van der Waals surface area contributed by atoms with Crippen LogP contribution in [0.3, 0.4) is 0 Å². The first-order valence-corrected chi connectivity index (χ1v) is 6.28. The molecule has 3 nitrogen and oxygen atoms in total. The van der Waals surface area contributed by atoms with E-state index in [0.29, 0.717) is 17.5 Å². The molecule has 0 bridgehead atoms. The van der Waals surface area contributed by atoms with Crippen molar-refractivity contribution in [1.82, 2.24) is 10.2 Å². The van der Waals surface area contributed by atoms with Crippen LogP contribution in [0.2, 0.25) is 5.02 Å².